The van der Waals surface area contributed by atoms with Crippen molar-refractivity contribution in [3.8, 4) is 17.2 Å². The first-order valence-corrected chi connectivity index (χ1v) is 8.71. The molecule has 0 spiro atoms. The molecule has 0 saturated carbocycles. The molecule has 0 atom stereocenters. The van der Waals surface area contributed by atoms with Crippen LogP contribution in [0.3, 0.4) is 0 Å². The summed E-state index contributed by atoms with van der Waals surface area (Å²) >= 11 is 0. The van der Waals surface area contributed by atoms with E-state index in [1.165, 1.54) is 0 Å². The van der Waals surface area contributed by atoms with Gasteiger partial charge in [0.15, 0.2) is 5.58 Å². The lowest BCUT2D eigenvalue weighted by molar-refractivity contribution is -0.116. The molecule has 5 nitrogen and oxygen atoms in total. The number of carbonyl (C=O) groups is 1. The van der Waals surface area contributed by atoms with Crippen molar-refractivity contribution < 1.29 is 14.3 Å². The molecule has 4 rings (SSSR count). The average molecular weight is 358 g/mol. The highest BCUT2D eigenvalue weighted by atomic mass is 16.3. The Kier molecular flexibility index (Phi) is 4.58. The summed E-state index contributed by atoms with van der Waals surface area (Å²) < 4.78 is 5.75. The second-order valence-corrected chi connectivity index (χ2v) is 6.28. The normalized spacial score (nSPS) is 10.8. The molecule has 0 aliphatic carbocycles. The maximum Gasteiger partial charge on any atom is 0.227 e. The molecule has 0 radical (unpaired) electrons. The predicted molar refractivity (Wildman–Crippen MR) is 105 cm³/mol. The number of nitrogens with one attached hydrogen (secondary N) is 1. The molecule has 1 heterocycles. The van der Waals surface area contributed by atoms with Crippen molar-refractivity contribution >= 4 is 22.7 Å². The van der Waals surface area contributed by atoms with Gasteiger partial charge in [-0.2, -0.15) is 0 Å². The fraction of sp³-hybridized carbons (Fsp3) is 0.0909. The topological polar surface area (TPSA) is 75.4 Å². The van der Waals surface area contributed by atoms with Crippen LogP contribution in [0, 0.1) is 0 Å². The summed E-state index contributed by atoms with van der Waals surface area (Å²) in [7, 11) is 0. The number of aromatic nitrogens is 1. The summed E-state index contributed by atoms with van der Waals surface area (Å²) in [5.74, 6) is 0.619. The zero-order valence-corrected chi connectivity index (χ0v) is 14.6. The van der Waals surface area contributed by atoms with Crippen LogP contribution in [0.1, 0.15) is 12.0 Å². The monoisotopic (exact) mass is 358 g/mol. The Hall–Kier alpha value is -3.60. The van der Waals surface area contributed by atoms with Gasteiger partial charge in [-0.25, -0.2) is 4.98 Å². The van der Waals surface area contributed by atoms with Crippen LogP contribution < -0.4 is 5.32 Å². The number of fused-ring (bicyclic) bond motifs is 1. The SMILES string of the molecule is O=C(CCc1ccccc1)Nc1ccc2oc(-c3ccc(O)cc3)nc2c1. The fourth-order valence-electron chi connectivity index (χ4n) is 2.86. The summed E-state index contributed by atoms with van der Waals surface area (Å²) in [4.78, 5) is 16.7. The average Bonchev–Trinajstić information content (AvgIpc) is 3.11. The van der Waals surface area contributed by atoms with Crippen molar-refractivity contribution in [2.24, 2.45) is 0 Å². The van der Waals surface area contributed by atoms with Crippen LogP contribution in [0.4, 0.5) is 5.69 Å². The Morgan fingerprint density at radius 3 is 2.56 bits per heavy atom. The number of hydrogen-bond donors (Lipinski definition) is 2. The van der Waals surface area contributed by atoms with Gasteiger partial charge in [-0.3, -0.25) is 4.79 Å². The lowest BCUT2D eigenvalue weighted by Crippen LogP contribution is -2.12. The zero-order chi connectivity index (χ0) is 18.6. The standard InChI is InChI=1S/C22H18N2O3/c25-18-10-7-16(8-11-18)22-24-19-14-17(9-12-20(19)27-22)23-21(26)13-6-15-4-2-1-3-5-15/h1-5,7-12,14,25H,6,13H2,(H,23,26). The van der Waals surface area contributed by atoms with E-state index in [4.69, 9.17) is 4.42 Å². The largest absolute Gasteiger partial charge is 0.508 e. The van der Waals surface area contributed by atoms with E-state index < -0.39 is 0 Å². The number of benzene rings is 3. The van der Waals surface area contributed by atoms with Crippen molar-refractivity contribution in [1.29, 1.82) is 0 Å². The van der Waals surface area contributed by atoms with E-state index in [9.17, 15) is 9.90 Å². The van der Waals surface area contributed by atoms with E-state index in [0.29, 0.717) is 35.5 Å². The number of phenolic OH excluding ortho intramolecular Hbond substituents is 1. The van der Waals surface area contributed by atoms with Crippen LogP contribution in [0.5, 0.6) is 5.75 Å². The Bertz CT molecular complexity index is 1070. The number of oxazole rings is 1. The summed E-state index contributed by atoms with van der Waals surface area (Å²) in [5.41, 5.74) is 3.90. The molecule has 0 bridgehead atoms. The molecule has 27 heavy (non-hydrogen) atoms. The number of nitrogens with zero attached hydrogens (tertiary/aromatic N) is 1. The molecule has 2 N–H and O–H groups in total. The minimum atomic E-state index is -0.0412. The molecule has 134 valence electrons. The molecule has 1 aromatic heterocycles. The van der Waals surface area contributed by atoms with Gasteiger partial charge >= 0.3 is 0 Å². The van der Waals surface area contributed by atoms with Gasteiger partial charge in [-0.15, -0.1) is 0 Å². The third kappa shape index (κ3) is 3.98. The van der Waals surface area contributed by atoms with Crippen LogP contribution in [-0.2, 0) is 11.2 Å². The number of amides is 1. The zero-order valence-electron chi connectivity index (χ0n) is 14.6. The van der Waals surface area contributed by atoms with Gasteiger partial charge in [0.05, 0.1) is 0 Å². The molecular formula is C22H18N2O3. The maximum atomic E-state index is 12.2. The van der Waals surface area contributed by atoms with Crippen LogP contribution in [0.25, 0.3) is 22.6 Å². The second kappa shape index (κ2) is 7.33. The van der Waals surface area contributed by atoms with E-state index in [1.54, 1.807) is 42.5 Å². The van der Waals surface area contributed by atoms with E-state index in [2.05, 4.69) is 10.3 Å². The summed E-state index contributed by atoms with van der Waals surface area (Å²) in [6.07, 6.45) is 1.11. The van der Waals surface area contributed by atoms with Crippen LogP contribution in [0.15, 0.2) is 77.2 Å². The van der Waals surface area contributed by atoms with Crippen molar-refractivity contribution in [3.05, 3.63) is 78.4 Å². The molecule has 0 aliphatic rings. The van der Waals surface area contributed by atoms with Crippen molar-refractivity contribution in [2.45, 2.75) is 12.8 Å². The quantitative estimate of drug-likeness (QED) is 0.539. The smallest absolute Gasteiger partial charge is 0.227 e. The Morgan fingerprint density at radius 2 is 1.78 bits per heavy atom. The highest BCUT2D eigenvalue weighted by Crippen LogP contribution is 2.27. The van der Waals surface area contributed by atoms with E-state index in [-0.39, 0.29) is 11.7 Å². The first-order chi connectivity index (χ1) is 13.2. The van der Waals surface area contributed by atoms with E-state index >= 15 is 0 Å². The van der Waals surface area contributed by atoms with Gasteiger partial charge in [-0.05, 0) is 54.4 Å². The predicted octanol–water partition coefficient (Wildman–Crippen LogP) is 4.77. The van der Waals surface area contributed by atoms with Gasteiger partial charge in [0.25, 0.3) is 0 Å². The fourth-order valence-corrected chi connectivity index (χ4v) is 2.86. The lowest BCUT2D eigenvalue weighted by Gasteiger charge is -2.05. The van der Waals surface area contributed by atoms with Crippen LogP contribution in [-0.4, -0.2) is 16.0 Å². The number of carbonyl (C=O) groups excluding carboxylic acids is 1. The van der Waals surface area contributed by atoms with Gasteiger partial charge in [0.1, 0.15) is 11.3 Å². The lowest BCUT2D eigenvalue weighted by atomic mass is 10.1. The second-order valence-electron chi connectivity index (χ2n) is 6.28. The number of phenols is 1. The Labute approximate surface area is 156 Å². The molecule has 4 aromatic rings. The van der Waals surface area contributed by atoms with Gasteiger partial charge in [0, 0.05) is 17.7 Å². The number of aromatic hydroxyl groups is 1. The van der Waals surface area contributed by atoms with E-state index in [1.807, 2.05) is 30.3 Å². The minimum absolute atomic E-state index is 0.0412. The van der Waals surface area contributed by atoms with Crippen LogP contribution >= 0.6 is 0 Å². The molecular weight excluding hydrogens is 340 g/mol. The third-order valence-electron chi connectivity index (χ3n) is 4.27. The summed E-state index contributed by atoms with van der Waals surface area (Å²) in [6, 6.07) is 22.0. The minimum Gasteiger partial charge on any atom is -0.508 e. The van der Waals surface area contributed by atoms with Gasteiger partial charge in [-0.1, -0.05) is 30.3 Å². The van der Waals surface area contributed by atoms with Crippen LogP contribution in [0.2, 0.25) is 0 Å². The molecule has 0 fully saturated rings. The van der Waals surface area contributed by atoms with E-state index in [0.717, 1.165) is 11.1 Å². The highest BCUT2D eigenvalue weighted by Gasteiger charge is 2.10. The van der Waals surface area contributed by atoms with Crippen molar-refractivity contribution in [2.75, 3.05) is 5.32 Å². The van der Waals surface area contributed by atoms with Gasteiger partial charge in [0.2, 0.25) is 11.8 Å². The molecule has 3 aromatic carbocycles. The van der Waals surface area contributed by atoms with Crippen molar-refractivity contribution in [3.63, 3.8) is 0 Å². The Balaban J connectivity index is 1.46. The molecule has 0 aliphatic heterocycles. The van der Waals surface area contributed by atoms with Crippen molar-refractivity contribution in [1.82, 2.24) is 4.98 Å². The first-order valence-electron chi connectivity index (χ1n) is 8.71. The number of hydrogen-bond acceptors (Lipinski definition) is 4. The van der Waals surface area contributed by atoms with Gasteiger partial charge < -0.3 is 14.8 Å². The molecule has 1 amide bonds. The number of anilines is 1. The number of aryl methyl sites for hydroxylation is 1. The highest BCUT2D eigenvalue weighted by molar-refractivity contribution is 5.93. The first kappa shape index (κ1) is 16.8. The summed E-state index contributed by atoms with van der Waals surface area (Å²) in [6.45, 7) is 0. The maximum absolute atomic E-state index is 12.2. The molecule has 0 saturated heterocycles. The third-order valence-corrected chi connectivity index (χ3v) is 4.27. The Morgan fingerprint density at radius 1 is 1.00 bits per heavy atom. The molecule has 5 heteroatoms. The number of rotatable bonds is 5. The molecule has 0 unspecified atom stereocenters. The summed E-state index contributed by atoms with van der Waals surface area (Å²) in [5, 5.41) is 12.3.